The largest absolute Gasteiger partial charge is 0.377 e. The van der Waals surface area contributed by atoms with Crippen LogP contribution < -0.4 is 0 Å². The van der Waals surface area contributed by atoms with Gasteiger partial charge in [0.05, 0.1) is 6.61 Å². The lowest BCUT2D eigenvalue weighted by Crippen LogP contribution is -2.20. The van der Waals surface area contributed by atoms with Crippen LogP contribution in [-0.4, -0.2) is 13.2 Å². The summed E-state index contributed by atoms with van der Waals surface area (Å²) >= 11 is 0. The number of hydrogen-bond acceptors (Lipinski definition) is 1. The van der Waals surface area contributed by atoms with Gasteiger partial charge in [-0.25, -0.2) is 0 Å². The Morgan fingerprint density at radius 3 is 1.90 bits per heavy atom. The van der Waals surface area contributed by atoms with Crippen molar-refractivity contribution in [1.29, 1.82) is 0 Å². The van der Waals surface area contributed by atoms with E-state index in [2.05, 4.69) is 13.5 Å². The molecule has 2 aliphatic carbocycles. The Morgan fingerprint density at radius 2 is 1.35 bits per heavy atom. The Balaban J connectivity index is 1.54. The lowest BCUT2D eigenvalue weighted by Gasteiger charge is -2.31. The van der Waals surface area contributed by atoms with Crippen molar-refractivity contribution in [3.63, 3.8) is 0 Å². The minimum Gasteiger partial charge on any atom is -0.377 e. The van der Waals surface area contributed by atoms with Gasteiger partial charge in [-0.2, -0.15) is 0 Å². The van der Waals surface area contributed by atoms with E-state index in [9.17, 15) is 0 Å². The predicted molar refractivity (Wildman–Crippen MR) is 86.8 cm³/mol. The fourth-order valence-corrected chi connectivity index (χ4v) is 4.09. The monoisotopic (exact) mass is 278 g/mol. The molecule has 2 aliphatic rings. The Labute approximate surface area is 126 Å². The zero-order valence-corrected chi connectivity index (χ0v) is 13.5. The molecule has 0 aromatic rings. The van der Waals surface area contributed by atoms with E-state index in [1.54, 1.807) is 0 Å². The third-order valence-corrected chi connectivity index (χ3v) is 5.67. The quantitative estimate of drug-likeness (QED) is 0.435. The first kappa shape index (κ1) is 16.1. The van der Waals surface area contributed by atoms with Crippen LogP contribution in [0, 0.1) is 23.7 Å². The van der Waals surface area contributed by atoms with Gasteiger partial charge in [0.15, 0.2) is 0 Å². The van der Waals surface area contributed by atoms with Gasteiger partial charge in [-0.1, -0.05) is 64.4 Å². The topological polar surface area (TPSA) is 9.23 Å². The maximum absolute atomic E-state index is 5.60. The van der Waals surface area contributed by atoms with E-state index in [0.29, 0.717) is 0 Å². The van der Waals surface area contributed by atoms with E-state index < -0.39 is 0 Å². The Hall–Kier alpha value is -0.300. The van der Waals surface area contributed by atoms with Crippen LogP contribution in [0.1, 0.15) is 71.1 Å². The van der Waals surface area contributed by atoms with Gasteiger partial charge in [-0.05, 0) is 36.5 Å². The maximum atomic E-state index is 5.60. The molecule has 2 saturated carbocycles. The lowest BCUT2D eigenvalue weighted by molar-refractivity contribution is 0.0937. The fourth-order valence-electron chi connectivity index (χ4n) is 4.09. The summed E-state index contributed by atoms with van der Waals surface area (Å²) in [5, 5.41) is 0. The van der Waals surface area contributed by atoms with E-state index in [1.807, 2.05) is 6.08 Å². The molecular formula is C19H34O. The highest BCUT2D eigenvalue weighted by molar-refractivity contribution is 4.76. The van der Waals surface area contributed by atoms with Gasteiger partial charge in [-0.3, -0.25) is 0 Å². The summed E-state index contributed by atoms with van der Waals surface area (Å²) in [5.74, 6) is 3.89. The van der Waals surface area contributed by atoms with Crippen molar-refractivity contribution in [3.05, 3.63) is 12.7 Å². The van der Waals surface area contributed by atoms with Crippen molar-refractivity contribution >= 4 is 0 Å². The molecule has 0 saturated heterocycles. The average Bonchev–Trinajstić information content (AvgIpc) is 2.48. The molecule has 20 heavy (non-hydrogen) atoms. The Morgan fingerprint density at radius 1 is 0.850 bits per heavy atom. The molecule has 0 atom stereocenters. The first-order valence-electron chi connectivity index (χ1n) is 8.96. The predicted octanol–water partition coefficient (Wildman–Crippen LogP) is 5.60. The molecule has 1 nitrogen and oxygen atoms in total. The summed E-state index contributed by atoms with van der Waals surface area (Å²) in [6.45, 7) is 7.81. The summed E-state index contributed by atoms with van der Waals surface area (Å²) in [7, 11) is 0. The highest BCUT2D eigenvalue weighted by Crippen LogP contribution is 2.36. The molecular weight excluding hydrogens is 244 g/mol. The molecule has 0 aliphatic heterocycles. The molecule has 116 valence electrons. The zero-order valence-electron chi connectivity index (χ0n) is 13.5. The average molecular weight is 278 g/mol. The summed E-state index contributed by atoms with van der Waals surface area (Å²) in [4.78, 5) is 0. The highest BCUT2D eigenvalue weighted by Gasteiger charge is 2.23. The van der Waals surface area contributed by atoms with Gasteiger partial charge in [-0.15, -0.1) is 6.58 Å². The SMILES string of the molecule is C=CCOC[C@H]1CC[C@H](CC[C@H]2CC[C@H](C)CC2)CC1. The minimum absolute atomic E-state index is 0.722. The van der Waals surface area contributed by atoms with Crippen molar-refractivity contribution in [2.24, 2.45) is 23.7 Å². The molecule has 0 bridgehead atoms. The second kappa shape index (κ2) is 8.87. The molecule has 1 heteroatoms. The fraction of sp³-hybridized carbons (Fsp3) is 0.895. The van der Waals surface area contributed by atoms with E-state index in [1.165, 1.54) is 64.2 Å². The van der Waals surface area contributed by atoms with E-state index in [4.69, 9.17) is 4.74 Å². The molecule has 0 aromatic carbocycles. The van der Waals surface area contributed by atoms with Crippen molar-refractivity contribution in [2.75, 3.05) is 13.2 Å². The van der Waals surface area contributed by atoms with Crippen molar-refractivity contribution in [3.8, 4) is 0 Å². The van der Waals surface area contributed by atoms with Crippen LogP contribution in [-0.2, 0) is 4.74 Å². The van der Waals surface area contributed by atoms with Gasteiger partial charge in [0.2, 0.25) is 0 Å². The Bertz CT molecular complexity index is 257. The van der Waals surface area contributed by atoms with Crippen LogP contribution in [0.15, 0.2) is 12.7 Å². The van der Waals surface area contributed by atoms with Gasteiger partial charge < -0.3 is 4.74 Å². The molecule has 0 heterocycles. The van der Waals surface area contributed by atoms with Crippen LogP contribution in [0.2, 0.25) is 0 Å². The molecule has 0 unspecified atom stereocenters. The first-order chi connectivity index (χ1) is 9.78. The first-order valence-corrected chi connectivity index (χ1v) is 8.96. The molecule has 0 amide bonds. The standard InChI is InChI=1S/C19H34O/c1-3-14-20-15-19-12-10-18(11-13-19)9-8-17-6-4-16(2)5-7-17/h3,16-19H,1,4-15H2,2H3/t16-,17-,18-,19-. The Kier molecular flexibility index (Phi) is 7.13. The van der Waals surface area contributed by atoms with Gasteiger partial charge in [0.1, 0.15) is 0 Å². The van der Waals surface area contributed by atoms with Crippen LogP contribution in [0.4, 0.5) is 0 Å². The molecule has 0 aromatic heterocycles. The van der Waals surface area contributed by atoms with Crippen molar-refractivity contribution in [2.45, 2.75) is 71.1 Å². The number of ether oxygens (including phenoxy) is 1. The van der Waals surface area contributed by atoms with E-state index in [-0.39, 0.29) is 0 Å². The summed E-state index contributed by atoms with van der Waals surface area (Å²) in [5.41, 5.74) is 0. The van der Waals surface area contributed by atoms with Gasteiger partial charge in [0.25, 0.3) is 0 Å². The van der Waals surface area contributed by atoms with E-state index in [0.717, 1.165) is 36.9 Å². The third kappa shape index (κ3) is 5.60. The maximum Gasteiger partial charge on any atom is 0.0644 e. The van der Waals surface area contributed by atoms with Gasteiger partial charge >= 0.3 is 0 Å². The lowest BCUT2D eigenvalue weighted by atomic mass is 9.76. The third-order valence-electron chi connectivity index (χ3n) is 5.67. The zero-order chi connectivity index (χ0) is 14.2. The van der Waals surface area contributed by atoms with Crippen LogP contribution in [0.5, 0.6) is 0 Å². The summed E-state index contributed by atoms with van der Waals surface area (Å²) in [6.07, 6.45) is 16.5. The van der Waals surface area contributed by atoms with Crippen molar-refractivity contribution < 1.29 is 4.74 Å². The van der Waals surface area contributed by atoms with Gasteiger partial charge in [0, 0.05) is 6.61 Å². The van der Waals surface area contributed by atoms with Crippen LogP contribution >= 0.6 is 0 Å². The van der Waals surface area contributed by atoms with Crippen LogP contribution in [0.25, 0.3) is 0 Å². The smallest absolute Gasteiger partial charge is 0.0644 e. The van der Waals surface area contributed by atoms with Crippen molar-refractivity contribution in [1.82, 2.24) is 0 Å². The summed E-state index contributed by atoms with van der Waals surface area (Å²) < 4.78 is 5.60. The molecule has 0 N–H and O–H groups in total. The molecule has 0 radical (unpaired) electrons. The number of rotatable bonds is 7. The molecule has 2 rings (SSSR count). The second-order valence-electron chi connectivity index (χ2n) is 7.42. The number of hydrogen-bond donors (Lipinski definition) is 0. The highest BCUT2D eigenvalue weighted by atomic mass is 16.5. The normalized spacial score (nSPS) is 34.9. The molecule has 0 spiro atoms. The molecule has 2 fully saturated rings. The van der Waals surface area contributed by atoms with Crippen LogP contribution in [0.3, 0.4) is 0 Å². The minimum atomic E-state index is 0.722. The summed E-state index contributed by atoms with van der Waals surface area (Å²) in [6, 6.07) is 0. The second-order valence-corrected chi connectivity index (χ2v) is 7.42. The van der Waals surface area contributed by atoms with E-state index >= 15 is 0 Å².